The van der Waals surface area contributed by atoms with E-state index in [9.17, 15) is 13.0 Å². The molecule has 3 aromatic rings. The minimum atomic E-state index is -4.21. The predicted molar refractivity (Wildman–Crippen MR) is 131 cm³/mol. The SMILES string of the molecule is CSCCN1/C(=C/c2ccc3cc(C)ccc3[n+]2CS(=O)(=O)O)Sc2cc(C)ccc21. The Hall–Kier alpha value is -2.00. The fourth-order valence-corrected chi connectivity index (χ4v) is 5.96. The molecule has 0 bridgehead atoms. The van der Waals surface area contributed by atoms with Gasteiger partial charge in [-0.25, -0.2) is 0 Å². The van der Waals surface area contributed by atoms with E-state index in [0.29, 0.717) is 0 Å². The lowest BCUT2D eigenvalue weighted by Gasteiger charge is -2.20. The summed E-state index contributed by atoms with van der Waals surface area (Å²) >= 11 is 3.48. The van der Waals surface area contributed by atoms with E-state index in [2.05, 4.69) is 36.3 Å². The average molecular weight is 474 g/mol. The van der Waals surface area contributed by atoms with Gasteiger partial charge in [-0.1, -0.05) is 29.5 Å². The summed E-state index contributed by atoms with van der Waals surface area (Å²) in [5.41, 5.74) is 4.98. The summed E-state index contributed by atoms with van der Waals surface area (Å²) in [4.78, 5) is 3.48. The maximum atomic E-state index is 11.8. The molecule has 1 aliphatic heterocycles. The smallest absolute Gasteiger partial charge is 0.326 e. The van der Waals surface area contributed by atoms with E-state index in [-0.39, 0.29) is 0 Å². The number of fused-ring (bicyclic) bond motifs is 2. The number of rotatable bonds is 6. The van der Waals surface area contributed by atoms with E-state index < -0.39 is 16.0 Å². The molecule has 2 heterocycles. The molecule has 0 fully saturated rings. The van der Waals surface area contributed by atoms with Gasteiger partial charge in [0.05, 0.1) is 10.7 Å². The van der Waals surface area contributed by atoms with Crippen molar-refractivity contribution < 1.29 is 17.5 Å². The van der Waals surface area contributed by atoms with Gasteiger partial charge in [-0.3, -0.25) is 4.55 Å². The van der Waals surface area contributed by atoms with Crippen LogP contribution in [0.25, 0.3) is 17.0 Å². The maximum Gasteiger partial charge on any atom is 0.326 e. The van der Waals surface area contributed by atoms with E-state index in [1.807, 2.05) is 43.3 Å². The van der Waals surface area contributed by atoms with E-state index in [0.717, 1.165) is 39.5 Å². The number of pyridine rings is 1. The van der Waals surface area contributed by atoms with Crippen LogP contribution in [0.1, 0.15) is 16.8 Å². The van der Waals surface area contributed by atoms with Crippen molar-refractivity contribution >= 4 is 56.3 Å². The lowest BCUT2D eigenvalue weighted by molar-refractivity contribution is -0.653. The van der Waals surface area contributed by atoms with Gasteiger partial charge in [-0.15, -0.1) is 0 Å². The lowest BCUT2D eigenvalue weighted by Crippen LogP contribution is -2.41. The summed E-state index contributed by atoms with van der Waals surface area (Å²) in [7, 11) is -4.21. The van der Waals surface area contributed by atoms with Gasteiger partial charge in [-0.05, 0) is 49.9 Å². The number of hydrogen-bond donors (Lipinski definition) is 1. The van der Waals surface area contributed by atoms with Crippen LogP contribution in [0, 0.1) is 13.8 Å². The van der Waals surface area contributed by atoms with Gasteiger partial charge in [0, 0.05) is 40.8 Å². The van der Waals surface area contributed by atoms with E-state index in [1.54, 1.807) is 28.1 Å². The second-order valence-electron chi connectivity index (χ2n) is 7.66. The number of aromatic nitrogens is 1. The number of nitrogens with zero attached hydrogens (tertiary/aromatic N) is 2. The third-order valence-electron chi connectivity index (χ3n) is 5.19. The van der Waals surface area contributed by atoms with E-state index in [1.165, 1.54) is 16.1 Å². The van der Waals surface area contributed by atoms with Gasteiger partial charge in [-0.2, -0.15) is 24.7 Å². The Labute approximate surface area is 191 Å². The summed E-state index contributed by atoms with van der Waals surface area (Å²) in [6, 6.07) is 16.2. The van der Waals surface area contributed by atoms with Gasteiger partial charge in [0.1, 0.15) is 0 Å². The highest BCUT2D eigenvalue weighted by molar-refractivity contribution is 8.04. The predicted octanol–water partition coefficient (Wildman–Crippen LogP) is 4.86. The van der Waals surface area contributed by atoms with Crippen molar-refractivity contribution in [2.24, 2.45) is 0 Å². The first-order chi connectivity index (χ1) is 14.7. The number of hydrogen-bond acceptors (Lipinski definition) is 5. The third-order valence-corrected chi connectivity index (χ3v) is 7.46. The molecule has 0 saturated carbocycles. The highest BCUT2D eigenvalue weighted by Crippen LogP contribution is 2.46. The quantitative estimate of drug-likeness (QED) is 0.407. The fraction of sp³-hybridized carbons (Fsp3) is 0.261. The van der Waals surface area contributed by atoms with Gasteiger partial charge in [0.25, 0.3) is 5.88 Å². The van der Waals surface area contributed by atoms with Crippen LogP contribution in [0.15, 0.2) is 58.5 Å². The molecule has 8 heteroatoms. The molecule has 1 N–H and O–H groups in total. The lowest BCUT2D eigenvalue weighted by atomic mass is 10.1. The number of aryl methyl sites for hydroxylation is 2. The molecule has 0 aliphatic carbocycles. The van der Waals surface area contributed by atoms with Gasteiger partial charge >= 0.3 is 10.1 Å². The Morgan fingerprint density at radius 2 is 1.84 bits per heavy atom. The molecule has 0 saturated heterocycles. The summed E-state index contributed by atoms with van der Waals surface area (Å²) in [5.74, 6) is 0.487. The molecule has 4 rings (SSSR count). The molecule has 0 unspecified atom stereocenters. The molecule has 162 valence electrons. The van der Waals surface area contributed by atoms with Crippen molar-refractivity contribution in [2.45, 2.75) is 24.6 Å². The monoisotopic (exact) mass is 473 g/mol. The molecule has 0 radical (unpaired) electrons. The first-order valence-corrected chi connectivity index (χ1v) is 13.7. The molecule has 0 atom stereocenters. The van der Waals surface area contributed by atoms with Gasteiger partial charge < -0.3 is 4.90 Å². The zero-order valence-electron chi connectivity index (χ0n) is 17.7. The Balaban J connectivity index is 1.85. The highest BCUT2D eigenvalue weighted by Gasteiger charge is 2.27. The minimum absolute atomic E-state index is 0.492. The molecule has 1 aliphatic rings. The van der Waals surface area contributed by atoms with Crippen molar-refractivity contribution in [1.29, 1.82) is 0 Å². The van der Waals surface area contributed by atoms with E-state index >= 15 is 0 Å². The third kappa shape index (κ3) is 4.92. The van der Waals surface area contributed by atoms with Crippen LogP contribution < -0.4 is 9.47 Å². The number of benzene rings is 2. The van der Waals surface area contributed by atoms with Crippen molar-refractivity contribution in [1.82, 2.24) is 0 Å². The molecule has 0 amide bonds. The van der Waals surface area contributed by atoms with Gasteiger partial charge in [0.2, 0.25) is 11.2 Å². The normalized spacial score (nSPS) is 15.1. The summed E-state index contributed by atoms with van der Waals surface area (Å²) in [5, 5.41) is 1.98. The largest absolute Gasteiger partial charge is 0.334 e. The second kappa shape index (κ2) is 8.86. The fourth-order valence-electron chi connectivity index (χ4n) is 3.75. The van der Waals surface area contributed by atoms with Crippen LogP contribution in [-0.2, 0) is 16.0 Å². The number of anilines is 1. The zero-order valence-corrected chi connectivity index (χ0v) is 20.1. The molecular formula is C23H25N2O3S3+. The zero-order chi connectivity index (χ0) is 22.2. The average Bonchev–Trinajstić information content (AvgIpc) is 3.03. The van der Waals surface area contributed by atoms with Crippen LogP contribution in [0.4, 0.5) is 5.69 Å². The highest BCUT2D eigenvalue weighted by atomic mass is 32.2. The summed E-state index contributed by atoms with van der Waals surface area (Å²) < 4.78 is 34.9. The van der Waals surface area contributed by atoms with Crippen molar-refractivity contribution in [2.75, 3.05) is 23.5 Å². The van der Waals surface area contributed by atoms with Gasteiger partial charge in [0.15, 0.2) is 0 Å². The molecule has 31 heavy (non-hydrogen) atoms. The Kier molecular flexibility index (Phi) is 6.35. The standard InChI is InChI=1S/C23H24N2O3S3/c1-16-4-8-20-18(12-16)6-7-19(25(20)15-31(26,27)28)14-23-24(10-11-29-3)21-9-5-17(2)13-22(21)30-23/h4-9,12-14H,10-11,15H2,1-3H3/p+1. The Bertz CT molecular complexity index is 1290. The Morgan fingerprint density at radius 3 is 2.58 bits per heavy atom. The Morgan fingerprint density at radius 1 is 1.10 bits per heavy atom. The van der Waals surface area contributed by atoms with Crippen molar-refractivity contribution in [3.63, 3.8) is 0 Å². The molecule has 5 nitrogen and oxygen atoms in total. The molecule has 2 aromatic carbocycles. The van der Waals surface area contributed by atoms with Crippen LogP contribution in [0.2, 0.25) is 0 Å². The van der Waals surface area contributed by atoms with Crippen LogP contribution >= 0.6 is 23.5 Å². The molecule has 0 spiro atoms. The summed E-state index contributed by atoms with van der Waals surface area (Å²) in [6.07, 6.45) is 4.11. The van der Waals surface area contributed by atoms with Crippen LogP contribution in [0.5, 0.6) is 0 Å². The molecule has 1 aromatic heterocycles. The number of thioether (sulfide) groups is 2. The van der Waals surface area contributed by atoms with Crippen LogP contribution in [-0.4, -0.2) is 31.5 Å². The topological polar surface area (TPSA) is 61.5 Å². The van der Waals surface area contributed by atoms with E-state index in [4.69, 9.17) is 0 Å². The molecular weight excluding hydrogens is 448 g/mol. The van der Waals surface area contributed by atoms with Crippen molar-refractivity contribution in [3.05, 3.63) is 70.4 Å². The van der Waals surface area contributed by atoms with Crippen molar-refractivity contribution in [3.8, 4) is 0 Å². The second-order valence-corrected chi connectivity index (χ2v) is 11.1. The van der Waals surface area contributed by atoms with Crippen LogP contribution in [0.3, 0.4) is 0 Å². The summed E-state index contributed by atoms with van der Waals surface area (Å²) in [6.45, 7) is 4.95. The maximum absolute atomic E-state index is 11.8. The minimum Gasteiger partial charge on any atom is -0.334 e. The first kappa shape index (κ1) is 22.2. The first-order valence-electron chi connectivity index (χ1n) is 9.90.